The zero-order valence-corrected chi connectivity index (χ0v) is 18.3. The fourth-order valence-corrected chi connectivity index (χ4v) is 5.30. The molecule has 0 unspecified atom stereocenters. The molecule has 0 saturated heterocycles. The van der Waals surface area contributed by atoms with Crippen molar-refractivity contribution in [3.05, 3.63) is 106 Å². The van der Waals surface area contributed by atoms with Crippen molar-refractivity contribution in [1.82, 2.24) is 9.38 Å². The van der Waals surface area contributed by atoms with Crippen LogP contribution in [0.4, 0.5) is 17.1 Å². The Labute approximate surface area is 188 Å². The third-order valence-electron chi connectivity index (χ3n) is 5.78. The summed E-state index contributed by atoms with van der Waals surface area (Å²) in [7, 11) is 0. The van der Waals surface area contributed by atoms with Crippen molar-refractivity contribution >= 4 is 50.5 Å². The number of imidazole rings is 1. The molecule has 6 heteroatoms. The SMILES string of the molecule is CCN1C(=CC=c2sc3nc4ccccc4n3c2=O)N(c2ccccc2)c2ccccc21. The molecule has 0 N–H and O–H groups in total. The molecule has 156 valence electrons. The van der Waals surface area contributed by atoms with Crippen LogP contribution in [0.25, 0.3) is 22.1 Å². The van der Waals surface area contributed by atoms with E-state index in [2.05, 4.69) is 58.1 Å². The smallest absolute Gasteiger partial charge is 0.274 e. The van der Waals surface area contributed by atoms with Gasteiger partial charge in [-0.15, -0.1) is 0 Å². The van der Waals surface area contributed by atoms with E-state index in [0.29, 0.717) is 4.53 Å². The predicted molar refractivity (Wildman–Crippen MR) is 133 cm³/mol. The number of hydrogen-bond acceptors (Lipinski definition) is 5. The number of nitrogens with zero attached hydrogens (tertiary/aromatic N) is 4. The van der Waals surface area contributed by atoms with Gasteiger partial charge in [0.15, 0.2) is 4.96 Å². The number of fused-ring (bicyclic) bond motifs is 4. The van der Waals surface area contributed by atoms with Gasteiger partial charge >= 0.3 is 0 Å². The van der Waals surface area contributed by atoms with Gasteiger partial charge in [-0.05, 0) is 55.5 Å². The van der Waals surface area contributed by atoms with Gasteiger partial charge in [0.1, 0.15) is 5.82 Å². The molecule has 0 spiro atoms. The molecule has 1 aliphatic rings. The number of hydrogen-bond donors (Lipinski definition) is 0. The van der Waals surface area contributed by atoms with Crippen molar-refractivity contribution in [3.8, 4) is 0 Å². The molecule has 0 bridgehead atoms. The molecule has 32 heavy (non-hydrogen) atoms. The largest absolute Gasteiger partial charge is 0.326 e. The monoisotopic (exact) mass is 436 g/mol. The second kappa shape index (κ2) is 7.35. The molecule has 0 saturated carbocycles. The summed E-state index contributed by atoms with van der Waals surface area (Å²) >= 11 is 1.42. The van der Waals surface area contributed by atoms with Crippen LogP contribution in [0.2, 0.25) is 0 Å². The van der Waals surface area contributed by atoms with E-state index in [1.165, 1.54) is 11.3 Å². The minimum atomic E-state index is -0.0274. The van der Waals surface area contributed by atoms with Crippen LogP contribution in [0, 0.1) is 0 Å². The van der Waals surface area contributed by atoms with Crippen molar-refractivity contribution in [3.63, 3.8) is 0 Å². The lowest BCUT2D eigenvalue weighted by molar-refractivity contribution is 0.963. The number of benzene rings is 3. The van der Waals surface area contributed by atoms with Crippen LogP contribution in [0.5, 0.6) is 0 Å². The zero-order valence-electron chi connectivity index (χ0n) is 17.5. The Kier molecular flexibility index (Phi) is 4.33. The number of rotatable bonds is 3. The molecule has 3 heterocycles. The van der Waals surface area contributed by atoms with E-state index in [4.69, 9.17) is 0 Å². The van der Waals surface area contributed by atoms with Gasteiger partial charge in [0.25, 0.3) is 5.56 Å². The number of anilines is 3. The normalized spacial score (nSPS) is 15.4. The number of allylic oxidation sites excluding steroid dienone is 1. The molecule has 0 atom stereocenters. The second-order valence-corrected chi connectivity index (χ2v) is 8.59. The molecule has 3 aromatic carbocycles. The first-order valence-electron chi connectivity index (χ1n) is 10.6. The molecular formula is C26H20N4OS. The first-order valence-corrected chi connectivity index (χ1v) is 11.4. The van der Waals surface area contributed by atoms with Gasteiger partial charge in [0.2, 0.25) is 0 Å². The molecule has 2 aromatic heterocycles. The van der Waals surface area contributed by atoms with Gasteiger partial charge in [0, 0.05) is 12.2 Å². The zero-order chi connectivity index (χ0) is 21.7. The topological polar surface area (TPSA) is 40.9 Å². The third-order valence-corrected chi connectivity index (χ3v) is 6.77. The fourth-order valence-electron chi connectivity index (χ4n) is 4.37. The average Bonchev–Trinajstić information content (AvgIpc) is 3.46. The Hall–Kier alpha value is -3.90. The Morgan fingerprint density at radius 2 is 1.59 bits per heavy atom. The third kappa shape index (κ3) is 2.77. The van der Waals surface area contributed by atoms with E-state index in [9.17, 15) is 4.79 Å². The van der Waals surface area contributed by atoms with Gasteiger partial charge in [-0.25, -0.2) is 9.38 Å². The lowest BCUT2D eigenvalue weighted by Crippen LogP contribution is -2.26. The van der Waals surface area contributed by atoms with Gasteiger partial charge in [0.05, 0.1) is 26.9 Å². The van der Waals surface area contributed by atoms with E-state index in [1.807, 2.05) is 54.6 Å². The van der Waals surface area contributed by atoms with Gasteiger partial charge in [-0.1, -0.05) is 53.8 Å². The molecule has 0 amide bonds. The van der Waals surface area contributed by atoms with Crippen LogP contribution in [0.1, 0.15) is 6.92 Å². The van der Waals surface area contributed by atoms with Crippen LogP contribution < -0.4 is 19.9 Å². The molecule has 0 radical (unpaired) electrons. The van der Waals surface area contributed by atoms with Crippen molar-refractivity contribution in [2.45, 2.75) is 6.92 Å². The lowest BCUT2D eigenvalue weighted by atomic mass is 10.2. The van der Waals surface area contributed by atoms with Crippen molar-refractivity contribution in [1.29, 1.82) is 0 Å². The molecule has 6 rings (SSSR count). The summed E-state index contributed by atoms with van der Waals surface area (Å²) in [5, 5.41) is 0. The van der Waals surface area contributed by atoms with Crippen LogP contribution >= 0.6 is 11.3 Å². The minimum absolute atomic E-state index is 0.0274. The summed E-state index contributed by atoms with van der Waals surface area (Å²) in [4.78, 5) is 23.0. The quantitative estimate of drug-likeness (QED) is 0.402. The molecular weight excluding hydrogens is 416 g/mol. The summed E-state index contributed by atoms with van der Waals surface area (Å²) < 4.78 is 2.38. The maximum atomic E-state index is 13.2. The van der Waals surface area contributed by atoms with Crippen LogP contribution in [-0.2, 0) is 0 Å². The van der Waals surface area contributed by atoms with E-state index in [1.54, 1.807) is 4.40 Å². The molecule has 0 aliphatic carbocycles. The first-order chi connectivity index (χ1) is 15.8. The van der Waals surface area contributed by atoms with Gasteiger partial charge in [-0.2, -0.15) is 0 Å². The first kappa shape index (κ1) is 18.8. The number of aromatic nitrogens is 2. The van der Waals surface area contributed by atoms with E-state index >= 15 is 0 Å². The second-order valence-electron chi connectivity index (χ2n) is 7.59. The highest BCUT2D eigenvalue weighted by Crippen LogP contribution is 2.45. The predicted octanol–water partition coefficient (Wildman–Crippen LogP) is 4.93. The Morgan fingerprint density at radius 1 is 0.875 bits per heavy atom. The molecule has 5 aromatic rings. The van der Waals surface area contributed by atoms with E-state index in [0.717, 1.165) is 45.4 Å². The minimum Gasteiger partial charge on any atom is -0.326 e. The molecule has 0 fully saturated rings. The van der Waals surface area contributed by atoms with E-state index < -0.39 is 0 Å². The van der Waals surface area contributed by atoms with Crippen molar-refractivity contribution < 1.29 is 0 Å². The van der Waals surface area contributed by atoms with Crippen molar-refractivity contribution in [2.24, 2.45) is 0 Å². The van der Waals surface area contributed by atoms with Crippen LogP contribution in [0.3, 0.4) is 0 Å². The maximum absolute atomic E-state index is 13.2. The maximum Gasteiger partial charge on any atom is 0.274 e. The highest BCUT2D eigenvalue weighted by molar-refractivity contribution is 7.15. The standard InChI is InChI=1S/C26H20N4OS/c1-2-28-21-14-8-9-15-22(21)29(18-10-4-3-5-11-18)24(28)17-16-23-25(31)30-20-13-7-6-12-19(20)27-26(30)32-23/h3-17H,2H2,1H3. The van der Waals surface area contributed by atoms with Gasteiger partial charge in [-0.3, -0.25) is 9.69 Å². The van der Waals surface area contributed by atoms with Crippen molar-refractivity contribution in [2.75, 3.05) is 16.3 Å². The van der Waals surface area contributed by atoms with Gasteiger partial charge < -0.3 is 4.90 Å². The fraction of sp³-hybridized carbons (Fsp3) is 0.0769. The lowest BCUT2D eigenvalue weighted by Gasteiger charge is -2.24. The molecule has 1 aliphatic heterocycles. The Bertz CT molecular complexity index is 1600. The molecule has 5 nitrogen and oxygen atoms in total. The summed E-state index contributed by atoms with van der Waals surface area (Å²) in [5.41, 5.74) is 5.05. The number of para-hydroxylation sites is 5. The van der Waals surface area contributed by atoms with Crippen LogP contribution in [0.15, 0.2) is 95.6 Å². The van der Waals surface area contributed by atoms with Crippen LogP contribution in [-0.4, -0.2) is 15.9 Å². The summed E-state index contributed by atoms with van der Waals surface area (Å²) in [5.74, 6) is 1.02. The Balaban J connectivity index is 1.54. The summed E-state index contributed by atoms with van der Waals surface area (Å²) in [6.45, 7) is 2.96. The summed E-state index contributed by atoms with van der Waals surface area (Å²) in [6, 6.07) is 26.5. The Morgan fingerprint density at radius 3 is 2.41 bits per heavy atom. The number of thiazole rings is 1. The van der Waals surface area contributed by atoms with E-state index in [-0.39, 0.29) is 5.56 Å². The highest BCUT2D eigenvalue weighted by Gasteiger charge is 2.30. The average molecular weight is 437 g/mol. The highest BCUT2D eigenvalue weighted by atomic mass is 32.1. The summed E-state index contributed by atoms with van der Waals surface area (Å²) in [6.07, 6.45) is 3.97.